The zero-order valence-corrected chi connectivity index (χ0v) is 18.5. The minimum Gasteiger partial charge on any atom is -0.237 e. The molecule has 1 heterocycles. The second-order valence-corrected chi connectivity index (χ2v) is 10.8. The van der Waals surface area contributed by atoms with Gasteiger partial charge in [0.2, 0.25) is 9.84 Å². The van der Waals surface area contributed by atoms with Crippen LogP contribution in [-0.2, 0) is 20.8 Å². The molecule has 3 aromatic rings. The summed E-state index contributed by atoms with van der Waals surface area (Å²) in [6, 6.07) is 24.8. The van der Waals surface area contributed by atoms with E-state index in [-0.39, 0.29) is 4.90 Å². The van der Waals surface area contributed by atoms with Gasteiger partial charge in [0.1, 0.15) is 11.0 Å². The highest BCUT2D eigenvalue weighted by molar-refractivity contribution is 7.95. The van der Waals surface area contributed by atoms with Crippen LogP contribution in [0.25, 0.3) is 0 Å². The summed E-state index contributed by atoms with van der Waals surface area (Å²) < 4.78 is 42.5. The van der Waals surface area contributed by atoms with Crippen molar-refractivity contribution in [3.8, 4) is 0 Å². The fourth-order valence-electron chi connectivity index (χ4n) is 3.77. The monoisotopic (exact) mass is 437 g/mol. The van der Waals surface area contributed by atoms with E-state index < -0.39 is 26.9 Å². The molecule has 1 unspecified atom stereocenters. The van der Waals surface area contributed by atoms with Crippen molar-refractivity contribution in [3.63, 3.8) is 0 Å². The maximum Gasteiger partial charge on any atom is 0.204 e. The number of rotatable bonds is 5. The van der Waals surface area contributed by atoms with Gasteiger partial charge in [0.25, 0.3) is 0 Å². The molecular formula is C24H23NO3S2. The van der Waals surface area contributed by atoms with Gasteiger partial charge in [0.05, 0.1) is 20.7 Å². The Morgan fingerprint density at radius 2 is 1.40 bits per heavy atom. The van der Waals surface area contributed by atoms with Crippen LogP contribution in [0.5, 0.6) is 0 Å². The van der Waals surface area contributed by atoms with Gasteiger partial charge >= 0.3 is 0 Å². The molecule has 1 aliphatic heterocycles. The van der Waals surface area contributed by atoms with Gasteiger partial charge in [-0.15, -0.1) is 0 Å². The van der Waals surface area contributed by atoms with Gasteiger partial charge < -0.3 is 0 Å². The van der Waals surface area contributed by atoms with E-state index in [1.807, 2.05) is 68.4 Å². The van der Waals surface area contributed by atoms with Crippen LogP contribution >= 0.6 is 0 Å². The van der Waals surface area contributed by atoms with Gasteiger partial charge in [-0.05, 0) is 49.2 Å². The summed E-state index contributed by atoms with van der Waals surface area (Å²) in [5.74, 6) is 0. The molecule has 3 aromatic carbocycles. The lowest BCUT2D eigenvalue weighted by Crippen LogP contribution is -2.29. The average molecular weight is 438 g/mol. The normalized spacial score (nSPS) is 18.5. The van der Waals surface area contributed by atoms with Crippen molar-refractivity contribution in [1.82, 2.24) is 4.31 Å². The van der Waals surface area contributed by atoms with Crippen LogP contribution in [0.1, 0.15) is 24.1 Å². The Labute approximate surface area is 180 Å². The smallest absolute Gasteiger partial charge is 0.204 e. The lowest BCUT2D eigenvalue weighted by Gasteiger charge is -2.26. The summed E-state index contributed by atoms with van der Waals surface area (Å²) in [6.07, 6.45) is 0. The predicted molar refractivity (Wildman–Crippen MR) is 120 cm³/mol. The molecule has 0 radical (unpaired) electrons. The Balaban J connectivity index is 1.83. The first-order valence-electron chi connectivity index (χ1n) is 9.69. The van der Waals surface area contributed by atoms with Gasteiger partial charge in [-0.1, -0.05) is 66.2 Å². The minimum atomic E-state index is -3.74. The van der Waals surface area contributed by atoms with E-state index in [2.05, 4.69) is 0 Å². The van der Waals surface area contributed by atoms with Gasteiger partial charge in [0.15, 0.2) is 0 Å². The number of nitrogens with zero attached hydrogens (tertiary/aromatic N) is 1. The van der Waals surface area contributed by atoms with E-state index in [0.29, 0.717) is 21.9 Å². The fraction of sp³-hybridized carbons (Fsp3) is 0.167. The largest absolute Gasteiger partial charge is 0.237 e. The van der Waals surface area contributed by atoms with Crippen molar-refractivity contribution in [2.75, 3.05) is 6.54 Å². The van der Waals surface area contributed by atoms with E-state index in [1.165, 1.54) is 0 Å². The molecule has 154 valence electrons. The van der Waals surface area contributed by atoms with E-state index in [9.17, 15) is 12.6 Å². The first-order chi connectivity index (χ1) is 14.4. The lowest BCUT2D eigenvalue weighted by molar-refractivity contribution is 0.446. The summed E-state index contributed by atoms with van der Waals surface area (Å²) in [5.41, 5.74) is 2.61. The van der Waals surface area contributed by atoms with E-state index in [1.54, 1.807) is 34.6 Å². The quantitative estimate of drug-likeness (QED) is 0.575. The second-order valence-electron chi connectivity index (χ2n) is 7.41. The summed E-state index contributed by atoms with van der Waals surface area (Å²) in [5, 5.41) is 0. The zero-order chi connectivity index (χ0) is 21.3. The van der Waals surface area contributed by atoms with Crippen molar-refractivity contribution in [3.05, 3.63) is 107 Å². The van der Waals surface area contributed by atoms with Gasteiger partial charge in [0, 0.05) is 6.54 Å². The number of hydrogen-bond donors (Lipinski definition) is 0. The number of hydrogen-bond acceptors (Lipinski definition) is 3. The molecule has 4 nitrogen and oxygen atoms in total. The van der Waals surface area contributed by atoms with E-state index >= 15 is 0 Å². The zero-order valence-electron chi connectivity index (χ0n) is 16.9. The lowest BCUT2D eigenvalue weighted by atomic mass is 10.1. The second kappa shape index (κ2) is 8.30. The molecule has 30 heavy (non-hydrogen) atoms. The van der Waals surface area contributed by atoms with Crippen LogP contribution < -0.4 is 0 Å². The molecule has 4 rings (SSSR count). The van der Waals surface area contributed by atoms with Crippen molar-refractivity contribution < 1.29 is 12.6 Å². The Morgan fingerprint density at radius 3 is 2.00 bits per heavy atom. The van der Waals surface area contributed by atoms with Gasteiger partial charge in [-0.2, -0.15) is 0 Å². The number of sulfone groups is 1. The third-order valence-corrected chi connectivity index (χ3v) is 8.73. The number of aryl methyl sites for hydroxylation is 1. The third-order valence-electron chi connectivity index (χ3n) is 5.24. The van der Waals surface area contributed by atoms with E-state index in [4.69, 9.17) is 0 Å². The summed E-state index contributed by atoms with van der Waals surface area (Å²) in [6.45, 7) is 4.12. The molecule has 0 N–H and O–H groups in total. The topological polar surface area (TPSA) is 54.5 Å². The maximum absolute atomic E-state index is 13.6. The SMILES string of the molecule is CC1=C(S(=O)(=O)c2ccccc2)[C@H](c2ccccc2)N(S(=O)c2ccc(C)cc2)C1. The van der Waals surface area contributed by atoms with Crippen LogP contribution in [0, 0.1) is 6.92 Å². The third kappa shape index (κ3) is 3.78. The first-order valence-corrected chi connectivity index (χ1v) is 12.3. The first kappa shape index (κ1) is 20.7. The Hall–Kier alpha value is -2.54. The fourth-order valence-corrected chi connectivity index (χ4v) is 7.05. The number of benzene rings is 3. The molecule has 0 saturated carbocycles. The summed E-state index contributed by atoms with van der Waals surface area (Å²) >= 11 is 0. The van der Waals surface area contributed by atoms with Gasteiger partial charge in [-0.25, -0.2) is 16.9 Å². The molecule has 0 aromatic heterocycles. The standard InChI is InChI=1S/C24H23NO3S2/c1-18-13-15-21(16-14-18)29(26)25-17-19(2)24(23(25)20-9-5-3-6-10-20)30(27,28)22-11-7-4-8-12-22/h3-16,23H,17H2,1-2H3/t23-,29?/m0/s1. The van der Waals surface area contributed by atoms with Crippen LogP contribution in [-0.4, -0.2) is 23.5 Å². The van der Waals surface area contributed by atoms with Crippen LogP contribution in [0.4, 0.5) is 0 Å². The highest BCUT2D eigenvalue weighted by Gasteiger charge is 2.42. The van der Waals surface area contributed by atoms with Crippen molar-refractivity contribution in [1.29, 1.82) is 0 Å². The maximum atomic E-state index is 13.6. The van der Waals surface area contributed by atoms with Crippen molar-refractivity contribution in [2.45, 2.75) is 29.7 Å². The molecule has 6 heteroatoms. The molecule has 0 fully saturated rings. The van der Waals surface area contributed by atoms with Crippen LogP contribution in [0.3, 0.4) is 0 Å². The molecule has 1 aliphatic rings. The molecule has 0 bridgehead atoms. The van der Waals surface area contributed by atoms with Crippen LogP contribution in [0.2, 0.25) is 0 Å². The molecule has 2 atom stereocenters. The molecule has 0 spiro atoms. The Bertz CT molecular complexity index is 1200. The average Bonchev–Trinajstić information content (AvgIpc) is 3.13. The summed E-state index contributed by atoms with van der Waals surface area (Å²) in [7, 11) is -5.24. The Morgan fingerprint density at radius 1 is 0.833 bits per heavy atom. The Kier molecular flexibility index (Phi) is 5.73. The highest BCUT2D eigenvalue weighted by Crippen LogP contribution is 2.43. The molecule has 0 amide bonds. The molecule has 0 aliphatic carbocycles. The van der Waals surface area contributed by atoms with Crippen molar-refractivity contribution >= 4 is 20.8 Å². The predicted octanol–water partition coefficient (Wildman–Crippen LogP) is 4.82. The van der Waals surface area contributed by atoms with Crippen molar-refractivity contribution in [2.24, 2.45) is 0 Å². The van der Waals surface area contributed by atoms with Gasteiger partial charge in [-0.3, -0.25) is 0 Å². The molecular weight excluding hydrogens is 414 g/mol. The highest BCUT2D eigenvalue weighted by atomic mass is 32.2. The van der Waals surface area contributed by atoms with Crippen LogP contribution in [0.15, 0.2) is 105 Å². The summed E-state index contributed by atoms with van der Waals surface area (Å²) in [4.78, 5) is 1.23. The minimum absolute atomic E-state index is 0.253. The van der Waals surface area contributed by atoms with E-state index in [0.717, 1.165) is 11.1 Å². The molecule has 0 saturated heterocycles.